The molecule has 176 valence electrons. The Hall–Kier alpha value is -2.86. The number of fused-ring (bicyclic) bond motifs is 1. The molecular weight excluding hydrogens is 414 g/mol. The molecule has 0 unspecified atom stereocenters. The molecule has 0 aromatic heterocycles. The van der Waals surface area contributed by atoms with E-state index in [4.69, 9.17) is 4.74 Å². The minimum absolute atomic E-state index is 0.118. The maximum Gasteiger partial charge on any atom is 0.255 e. The Labute approximate surface area is 196 Å². The normalized spacial score (nSPS) is 22.8. The average molecular weight is 450 g/mol. The van der Waals surface area contributed by atoms with E-state index in [0.29, 0.717) is 36.5 Å². The Bertz CT molecular complexity index is 982. The Morgan fingerprint density at radius 2 is 1.76 bits per heavy atom. The number of hydrogen-bond donors (Lipinski definition) is 1. The van der Waals surface area contributed by atoms with Gasteiger partial charge in [0.2, 0.25) is 5.91 Å². The van der Waals surface area contributed by atoms with Crippen LogP contribution in [0.5, 0.6) is 5.75 Å². The van der Waals surface area contributed by atoms with Crippen LogP contribution in [-0.4, -0.2) is 53.9 Å². The van der Waals surface area contributed by atoms with Crippen LogP contribution in [0.4, 0.5) is 0 Å². The second kappa shape index (κ2) is 10.4. The van der Waals surface area contributed by atoms with Gasteiger partial charge in [0.05, 0.1) is 13.7 Å². The van der Waals surface area contributed by atoms with Crippen molar-refractivity contribution in [3.05, 3.63) is 65.2 Å². The van der Waals surface area contributed by atoms with Crippen molar-refractivity contribution in [2.75, 3.05) is 20.2 Å². The zero-order chi connectivity index (χ0) is 23.4. The first-order chi connectivity index (χ1) is 16.0. The lowest BCUT2D eigenvalue weighted by atomic mass is 9.97. The van der Waals surface area contributed by atoms with Crippen LogP contribution in [0.2, 0.25) is 0 Å². The van der Waals surface area contributed by atoms with Crippen molar-refractivity contribution in [1.29, 1.82) is 0 Å². The molecule has 2 aromatic rings. The van der Waals surface area contributed by atoms with E-state index in [0.717, 1.165) is 24.1 Å². The van der Waals surface area contributed by atoms with Crippen molar-refractivity contribution in [3.8, 4) is 5.75 Å². The highest BCUT2D eigenvalue weighted by Gasteiger charge is 2.41. The van der Waals surface area contributed by atoms with Crippen LogP contribution < -0.4 is 10.1 Å². The van der Waals surface area contributed by atoms with Crippen LogP contribution >= 0.6 is 0 Å². The lowest BCUT2D eigenvalue weighted by Crippen LogP contribution is -2.45. The number of methoxy groups -OCH3 is 1. The summed E-state index contributed by atoms with van der Waals surface area (Å²) in [4.78, 5) is 30.8. The van der Waals surface area contributed by atoms with Crippen LogP contribution in [0, 0.1) is 0 Å². The van der Waals surface area contributed by atoms with Crippen molar-refractivity contribution < 1.29 is 14.3 Å². The Balaban J connectivity index is 1.45. The summed E-state index contributed by atoms with van der Waals surface area (Å²) < 4.78 is 5.47. The van der Waals surface area contributed by atoms with E-state index in [2.05, 4.69) is 24.1 Å². The van der Waals surface area contributed by atoms with Gasteiger partial charge in [-0.2, -0.15) is 0 Å². The smallest absolute Gasteiger partial charge is 0.255 e. The van der Waals surface area contributed by atoms with Crippen molar-refractivity contribution >= 4 is 11.8 Å². The zero-order valence-electron chi connectivity index (χ0n) is 19.9. The van der Waals surface area contributed by atoms with Gasteiger partial charge in [-0.1, -0.05) is 42.8 Å². The van der Waals surface area contributed by atoms with Gasteiger partial charge in [-0.05, 0) is 50.8 Å². The van der Waals surface area contributed by atoms with E-state index < -0.39 is 6.04 Å². The summed E-state index contributed by atoms with van der Waals surface area (Å²) in [7, 11) is 1.62. The first-order valence-electron chi connectivity index (χ1n) is 12.1. The quantitative estimate of drug-likeness (QED) is 0.615. The summed E-state index contributed by atoms with van der Waals surface area (Å²) >= 11 is 0. The molecule has 2 aliphatic rings. The SMILES string of the molecule is COc1ccccc1CN1C(=O)c2ccccc2[C@@H]1C(=O)NCCCN1[C@@H](C)CCC[C@@H]1C. The molecule has 1 saturated heterocycles. The summed E-state index contributed by atoms with van der Waals surface area (Å²) in [6.07, 6.45) is 4.69. The van der Waals surface area contributed by atoms with Gasteiger partial charge in [0.25, 0.3) is 5.91 Å². The second-order valence-corrected chi connectivity index (χ2v) is 9.25. The topological polar surface area (TPSA) is 61.9 Å². The number of benzene rings is 2. The van der Waals surface area contributed by atoms with Gasteiger partial charge in [0.1, 0.15) is 11.8 Å². The molecule has 0 radical (unpaired) electrons. The standard InChI is InChI=1S/C27H35N3O3/c1-19-10-8-11-20(2)29(19)17-9-16-28-26(31)25-22-13-5-6-14-23(22)27(32)30(25)18-21-12-4-7-15-24(21)33-3/h4-7,12-15,19-20,25H,8-11,16-18H2,1-3H3,(H,28,31)/t19-,20-,25+/m0/s1. The zero-order valence-corrected chi connectivity index (χ0v) is 19.9. The molecule has 2 aliphatic heterocycles. The van der Waals surface area contributed by atoms with Crippen LogP contribution in [0.3, 0.4) is 0 Å². The average Bonchev–Trinajstić information content (AvgIpc) is 3.10. The Kier molecular flexibility index (Phi) is 7.33. The molecule has 1 N–H and O–H groups in total. The Morgan fingerprint density at radius 1 is 1.06 bits per heavy atom. The molecular formula is C27H35N3O3. The first-order valence-corrected chi connectivity index (χ1v) is 12.1. The van der Waals surface area contributed by atoms with E-state index in [-0.39, 0.29) is 11.8 Å². The summed E-state index contributed by atoms with van der Waals surface area (Å²) in [6.45, 7) is 6.49. The van der Waals surface area contributed by atoms with Crippen LogP contribution in [0.15, 0.2) is 48.5 Å². The van der Waals surface area contributed by atoms with Crippen LogP contribution in [0.1, 0.15) is 67.1 Å². The number of carbonyl (C=O) groups is 2. The predicted octanol–water partition coefficient (Wildman–Crippen LogP) is 4.16. The van der Waals surface area contributed by atoms with Crippen molar-refractivity contribution in [2.45, 2.75) is 64.2 Å². The number of amides is 2. The van der Waals surface area contributed by atoms with E-state index >= 15 is 0 Å². The molecule has 2 heterocycles. The molecule has 3 atom stereocenters. The molecule has 4 rings (SSSR count). The molecule has 0 spiro atoms. The van der Waals surface area contributed by atoms with Crippen LogP contribution in [0.25, 0.3) is 0 Å². The van der Waals surface area contributed by atoms with E-state index in [1.807, 2.05) is 42.5 Å². The van der Waals surface area contributed by atoms with Gasteiger partial charge < -0.3 is 15.0 Å². The predicted molar refractivity (Wildman–Crippen MR) is 129 cm³/mol. The van der Waals surface area contributed by atoms with Gasteiger partial charge in [-0.25, -0.2) is 0 Å². The third-order valence-corrected chi connectivity index (χ3v) is 7.11. The molecule has 0 aliphatic carbocycles. The summed E-state index contributed by atoms with van der Waals surface area (Å²) in [6, 6.07) is 15.6. The fourth-order valence-corrected chi connectivity index (χ4v) is 5.32. The molecule has 6 heteroatoms. The number of ether oxygens (including phenoxy) is 1. The van der Waals surface area contributed by atoms with Crippen molar-refractivity contribution in [1.82, 2.24) is 15.1 Å². The summed E-state index contributed by atoms with van der Waals surface area (Å²) in [5.41, 5.74) is 2.25. The number of carbonyl (C=O) groups excluding carboxylic acids is 2. The van der Waals surface area contributed by atoms with Gasteiger partial charge in [-0.15, -0.1) is 0 Å². The highest BCUT2D eigenvalue weighted by molar-refractivity contribution is 6.04. The second-order valence-electron chi connectivity index (χ2n) is 9.25. The number of para-hydroxylation sites is 1. The number of nitrogens with one attached hydrogen (secondary N) is 1. The van der Waals surface area contributed by atoms with Crippen LogP contribution in [-0.2, 0) is 11.3 Å². The largest absolute Gasteiger partial charge is 0.496 e. The summed E-state index contributed by atoms with van der Waals surface area (Å²) in [5, 5.41) is 3.11. The fraction of sp³-hybridized carbons (Fsp3) is 0.481. The summed E-state index contributed by atoms with van der Waals surface area (Å²) in [5.74, 6) is 0.473. The third-order valence-electron chi connectivity index (χ3n) is 7.11. The monoisotopic (exact) mass is 449 g/mol. The maximum absolute atomic E-state index is 13.3. The van der Waals surface area contributed by atoms with E-state index in [9.17, 15) is 9.59 Å². The van der Waals surface area contributed by atoms with Gasteiger partial charge in [-0.3, -0.25) is 14.5 Å². The molecule has 0 saturated carbocycles. The Morgan fingerprint density at radius 3 is 2.52 bits per heavy atom. The molecule has 33 heavy (non-hydrogen) atoms. The number of rotatable bonds is 8. The van der Waals surface area contributed by atoms with Gasteiger partial charge in [0, 0.05) is 36.3 Å². The first kappa shape index (κ1) is 23.3. The molecule has 2 amide bonds. The lowest BCUT2D eigenvalue weighted by molar-refractivity contribution is -0.125. The van der Waals surface area contributed by atoms with E-state index in [1.54, 1.807) is 18.1 Å². The highest BCUT2D eigenvalue weighted by Crippen LogP contribution is 2.36. The number of likely N-dealkylation sites (tertiary alicyclic amines) is 1. The van der Waals surface area contributed by atoms with Crippen molar-refractivity contribution in [3.63, 3.8) is 0 Å². The van der Waals surface area contributed by atoms with Gasteiger partial charge in [0.15, 0.2) is 0 Å². The molecule has 2 aromatic carbocycles. The molecule has 6 nitrogen and oxygen atoms in total. The maximum atomic E-state index is 13.3. The molecule has 1 fully saturated rings. The van der Waals surface area contributed by atoms with Gasteiger partial charge >= 0.3 is 0 Å². The number of piperidine rings is 1. The third kappa shape index (κ3) is 4.91. The lowest BCUT2D eigenvalue weighted by Gasteiger charge is -2.39. The molecule has 0 bridgehead atoms. The number of hydrogen-bond acceptors (Lipinski definition) is 4. The minimum atomic E-state index is -0.633. The number of nitrogens with zero attached hydrogens (tertiary/aromatic N) is 2. The fourth-order valence-electron chi connectivity index (χ4n) is 5.32. The van der Waals surface area contributed by atoms with E-state index in [1.165, 1.54) is 19.3 Å². The minimum Gasteiger partial charge on any atom is -0.496 e. The highest BCUT2D eigenvalue weighted by atomic mass is 16.5. The van der Waals surface area contributed by atoms with Crippen molar-refractivity contribution in [2.24, 2.45) is 0 Å².